The highest BCUT2D eigenvalue weighted by atomic mass is 35.5. The largest absolute Gasteiger partial charge is 0.489 e. The lowest BCUT2D eigenvalue weighted by molar-refractivity contribution is -0.131. The van der Waals surface area contributed by atoms with Crippen molar-refractivity contribution in [2.24, 2.45) is 0 Å². The molecule has 0 unspecified atom stereocenters. The summed E-state index contributed by atoms with van der Waals surface area (Å²) in [6, 6.07) is 9.91. The Morgan fingerprint density at radius 1 is 1.11 bits per heavy atom. The van der Waals surface area contributed by atoms with Crippen LogP contribution in [-0.4, -0.2) is 30.1 Å². The van der Waals surface area contributed by atoms with E-state index >= 15 is 0 Å². The molecule has 2 aromatic rings. The molecule has 0 radical (unpaired) electrons. The maximum atomic E-state index is 13.1. The smallest absolute Gasteiger partial charge is 0.325 e. The quantitative estimate of drug-likeness (QED) is 0.758. The minimum Gasteiger partial charge on any atom is -0.489 e. The number of carbonyl (C=O) groups excluding carboxylic acids is 2. The predicted octanol–water partition coefficient (Wildman–Crippen LogP) is 4.12. The first-order chi connectivity index (χ1) is 13.4. The lowest BCUT2D eigenvalue weighted by Gasteiger charge is -2.23. The summed E-state index contributed by atoms with van der Waals surface area (Å²) in [6.45, 7) is 2.74. The van der Waals surface area contributed by atoms with E-state index in [-0.39, 0.29) is 12.5 Å². The van der Waals surface area contributed by atoms with Crippen molar-refractivity contribution in [3.05, 3.63) is 57.6 Å². The van der Waals surface area contributed by atoms with Crippen LogP contribution in [0.2, 0.25) is 10.0 Å². The Bertz CT molecular complexity index is 965. The number of halogens is 2. The number of amides is 3. The zero-order chi connectivity index (χ0) is 19.9. The number of carbonyl (C=O) groups is 2. The van der Waals surface area contributed by atoms with Crippen LogP contribution in [0.1, 0.15) is 24.5 Å². The van der Waals surface area contributed by atoms with E-state index in [0.717, 1.165) is 11.3 Å². The summed E-state index contributed by atoms with van der Waals surface area (Å²) in [7, 11) is 0. The van der Waals surface area contributed by atoms with Crippen molar-refractivity contribution in [3.63, 3.8) is 0 Å². The van der Waals surface area contributed by atoms with Crippen LogP contribution in [0, 0.1) is 0 Å². The number of hydrogen-bond acceptors (Lipinski definition) is 4. The number of nitrogens with zero attached hydrogens (tertiary/aromatic N) is 1. The summed E-state index contributed by atoms with van der Waals surface area (Å²) in [4.78, 5) is 26.9. The number of rotatable bonds is 3. The summed E-state index contributed by atoms with van der Waals surface area (Å²) in [5.41, 5.74) is -0.0137. The van der Waals surface area contributed by atoms with Gasteiger partial charge in [-0.25, -0.2) is 4.79 Å². The molecule has 6 nitrogen and oxygen atoms in total. The van der Waals surface area contributed by atoms with Crippen LogP contribution in [0.15, 0.2) is 36.4 Å². The van der Waals surface area contributed by atoms with Crippen LogP contribution in [0.4, 0.5) is 4.79 Å². The molecule has 0 aliphatic carbocycles. The number of fused-ring (bicyclic) bond motifs is 1. The number of urea groups is 1. The standard InChI is InChI=1S/C20H18Cl2N2O4/c1-20(13-5-2-3-6-14(13)21)18(25)24(19(26)23-20)11-12-9-15(22)17-16(10-12)27-7-4-8-28-17/h2-3,5-6,9-10H,4,7-8,11H2,1H3,(H,23,26)/t20-/m0/s1. The van der Waals surface area contributed by atoms with E-state index in [4.69, 9.17) is 32.7 Å². The fourth-order valence-electron chi connectivity index (χ4n) is 3.45. The second kappa shape index (κ2) is 7.18. The Kier molecular flexibility index (Phi) is 4.85. The van der Waals surface area contributed by atoms with Crippen LogP contribution >= 0.6 is 23.2 Å². The summed E-state index contributed by atoms with van der Waals surface area (Å²) in [5, 5.41) is 3.56. The van der Waals surface area contributed by atoms with Crippen molar-refractivity contribution in [3.8, 4) is 11.5 Å². The van der Waals surface area contributed by atoms with E-state index in [1.807, 2.05) is 0 Å². The van der Waals surface area contributed by atoms with Gasteiger partial charge in [-0.3, -0.25) is 9.69 Å². The van der Waals surface area contributed by atoms with Crippen LogP contribution < -0.4 is 14.8 Å². The Hall–Kier alpha value is -2.44. The SMILES string of the molecule is C[C@@]1(c2ccccc2Cl)NC(=O)N(Cc2cc(Cl)c3c(c2)OCCCO3)C1=O. The predicted molar refractivity (Wildman–Crippen MR) is 105 cm³/mol. The van der Waals surface area contributed by atoms with E-state index in [1.54, 1.807) is 43.3 Å². The molecular weight excluding hydrogens is 403 g/mol. The van der Waals surface area contributed by atoms with E-state index < -0.39 is 11.6 Å². The number of imide groups is 1. The molecule has 1 fully saturated rings. The molecule has 0 bridgehead atoms. The first kappa shape index (κ1) is 18.9. The Morgan fingerprint density at radius 2 is 1.86 bits per heavy atom. The second-order valence-electron chi connectivity index (χ2n) is 6.88. The van der Waals surface area contributed by atoms with E-state index in [2.05, 4.69) is 5.32 Å². The molecule has 1 saturated heterocycles. The maximum Gasteiger partial charge on any atom is 0.325 e. The highest BCUT2D eigenvalue weighted by Crippen LogP contribution is 2.39. The molecule has 28 heavy (non-hydrogen) atoms. The summed E-state index contributed by atoms with van der Waals surface area (Å²) >= 11 is 12.6. The lowest BCUT2D eigenvalue weighted by atomic mass is 9.92. The second-order valence-corrected chi connectivity index (χ2v) is 7.70. The van der Waals surface area contributed by atoms with Gasteiger partial charge in [-0.05, 0) is 30.7 Å². The molecule has 146 valence electrons. The number of ether oxygens (including phenoxy) is 2. The van der Waals surface area contributed by atoms with Gasteiger partial charge in [0.25, 0.3) is 5.91 Å². The van der Waals surface area contributed by atoms with E-state index in [9.17, 15) is 9.59 Å². The number of benzene rings is 2. The Balaban J connectivity index is 1.63. The number of nitrogens with one attached hydrogen (secondary N) is 1. The van der Waals surface area contributed by atoms with Crippen molar-refractivity contribution in [1.82, 2.24) is 10.2 Å². The van der Waals surface area contributed by atoms with Crippen LogP contribution in [-0.2, 0) is 16.9 Å². The molecular formula is C20H18Cl2N2O4. The molecule has 1 N–H and O–H groups in total. The fraction of sp³-hybridized carbons (Fsp3) is 0.300. The first-order valence-corrected chi connectivity index (χ1v) is 9.63. The van der Waals surface area contributed by atoms with Gasteiger partial charge in [-0.2, -0.15) is 0 Å². The van der Waals surface area contributed by atoms with Crippen molar-refractivity contribution in [1.29, 1.82) is 0 Å². The van der Waals surface area contributed by atoms with Crippen molar-refractivity contribution < 1.29 is 19.1 Å². The topological polar surface area (TPSA) is 67.9 Å². The third kappa shape index (κ3) is 3.16. The van der Waals surface area contributed by atoms with Crippen molar-refractivity contribution in [2.75, 3.05) is 13.2 Å². The van der Waals surface area contributed by atoms with Gasteiger partial charge >= 0.3 is 6.03 Å². The molecule has 2 aliphatic heterocycles. The Morgan fingerprint density at radius 3 is 2.64 bits per heavy atom. The van der Waals surface area contributed by atoms with Gasteiger partial charge in [0.1, 0.15) is 5.54 Å². The van der Waals surface area contributed by atoms with E-state index in [0.29, 0.717) is 45.9 Å². The molecule has 0 spiro atoms. The average molecular weight is 421 g/mol. The highest BCUT2D eigenvalue weighted by Gasteiger charge is 2.49. The molecule has 4 rings (SSSR count). The van der Waals surface area contributed by atoms with Crippen LogP contribution in [0.3, 0.4) is 0 Å². The normalized spacial score (nSPS) is 21.5. The van der Waals surface area contributed by atoms with Gasteiger partial charge in [0.15, 0.2) is 11.5 Å². The third-order valence-electron chi connectivity index (χ3n) is 4.89. The van der Waals surface area contributed by atoms with Gasteiger partial charge in [-0.1, -0.05) is 41.4 Å². The van der Waals surface area contributed by atoms with Gasteiger partial charge in [0, 0.05) is 17.0 Å². The van der Waals surface area contributed by atoms with Gasteiger partial charge in [0.05, 0.1) is 24.8 Å². The van der Waals surface area contributed by atoms with Crippen molar-refractivity contribution >= 4 is 35.1 Å². The summed E-state index contributed by atoms with van der Waals surface area (Å²) < 4.78 is 11.3. The number of hydrogen-bond donors (Lipinski definition) is 1. The molecule has 8 heteroatoms. The zero-order valence-electron chi connectivity index (χ0n) is 15.1. The van der Waals surface area contributed by atoms with Gasteiger partial charge in [0.2, 0.25) is 0 Å². The monoisotopic (exact) mass is 420 g/mol. The van der Waals surface area contributed by atoms with Crippen LogP contribution in [0.25, 0.3) is 0 Å². The summed E-state index contributed by atoms with van der Waals surface area (Å²) in [6.07, 6.45) is 0.754. The molecule has 3 amide bonds. The molecule has 2 heterocycles. The zero-order valence-corrected chi connectivity index (χ0v) is 16.6. The minimum absolute atomic E-state index is 0.0566. The first-order valence-electron chi connectivity index (χ1n) is 8.87. The highest BCUT2D eigenvalue weighted by molar-refractivity contribution is 6.32. The summed E-state index contributed by atoms with van der Waals surface area (Å²) in [5.74, 6) is 0.621. The van der Waals surface area contributed by atoms with Crippen molar-refractivity contribution in [2.45, 2.75) is 25.4 Å². The average Bonchev–Trinajstić information content (AvgIpc) is 2.84. The molecule has 2 aliphatic rings. The molecule has 0 saturated carbocycles. The van der Waals surface area contributed by atoms with E-state index in [1.165, 1.54) is 0 Å². The lowest BCUT2D eigenvalue weighted by Crippen LogP contribution is -2.41. The maximum absolute atomic E-state index is 13.1. The van der Waals surface area contributed by atoms with Gasteiger partial charge < -0.3 is 14.8 Å². The van der Waals surface area contributed by atoms with Gasteiger partial charge in [-0.15, -0.1) is 0 Å². The molecule has 1 atom stereocenters. The minimum atomic E-state index is -1.23. The Labute approximate surface area is 172 Å². The third-order valence-corrected chi connectivity index (χ3v) is 5.50. The fourth-order valence-corrected chi connectivity index (χ4v) is 4.06. The molecule has 0 aromatic heterocycles. The molecule has 2 aromatic carbocycles. The van der Waals surface area contributed by atoms with Crippen LogP contribution in [0.5, 0.6) is 11.5 Å².